The molecule has 2 unspecified atom stereocenters. The molecular formula is C22H30N4. The van der Waals surface area contributed by atoms with Crippen molar-refractivity contribution in [2.45, 2.75) is 18.4 Å². The van der Waals surface area contributed by atoms with Crippen LogP contribution in [0.3, 0.4) is 0 Å². The van der Waals surface area contributed by atoms with Gasteiger partial charge < -0.3 is 15.1 Å². The molecule has 4 heteroatoms. The third-order valence-electron chi connectivity index (χ3n) is 5.23. The maximum Gasteiger partial charge on any atom is 0.193 e. The van der Waals surface area contributed by atoms with Crippen molar-refractivity contribution in [1.29, 1.82) is 0 Å². The predicted octanol–water partition coefficient (Wildman–Crippen LogP) is 3.35. The molecule has 1 fully saturated rings. The van der Waals surface area contributed by atoms with Crippen LogP contribution in [0.1, 0.15) is 29.5 Å². The van der Waals surface area contributed by atoms with E-state index in [0.717, 1.165) is 25.6 Å². The van der Waals surface area contributed by atoms with Crippen molar-refractivity contribution in [3.8, 4) is 0 Å². The molecule has 2 aromatic carbocycles. The summed E-state index contributed by atoms with van der Waals surface area (Å²) in [5.74, 6) is 1.60. The van der Waals surface area contributed by atoms with Crippen LogP contribution in [0.15, 0.2) is 65.7 Å². The lowest BCUT2D eigenvalue weighted by atomic mass is 9.99. The van der Waals surface area contributed by atoms with E-state index < -0.39 is 0 Å². The summed E-state index contributed by atoms with van der Waals surface area (Å²) in [6.07, 6.45) is 1.18. The van der Waals surface area contributed by atoms with Crippen LogP contribution < -0.4 is 5.32 Å². The molecule has 1 heterocycles. The Balaban J connectivity index is 1.61. The summed E-state index contributed by atoms with van der Waals surface area (Å²) >= 11 is 0. The molecule has 0 spiro atoms. The predicted molar refractivity (Wildman–Crippen MR) is 110 cm³/mol. The van der Waals surface area contributed by atoms with Gasteiger partial charge in [-0.1, -0.05) is 60.7 Å². The van der Waals surface area contributed by atoms with E-state index in [0.29, 0.717) is 12.0 Å². The van der Waals surface area contributed by atoms with E-state index in [9.17, 15) is 0 Å². The Morgan fingerprint density at radius 1 is 1.12 bits per heavy atom. The van der Waals surface area contributed by atoms with Crippen LogP contribution in [-0.4, -0.2) is 56.5 Å². The lowest BCUT2D eigenvalue weighted by Gasteiger charge is -2.28. The first-order valence-corrected chi connectivity index (χ1v) is 9.41. The van der Waals surface area contributed by atoms with Crippen molar-refractivity contribution < 1.29 is 0 Å². The summed E-state index contributed by atoms with van der Waals surface area (Å²) in [4.78, 5) is 9.18. The number of hydrogen-bond donors (Lipinski definition) is 1. The third-order valence-corrected chi connectivity index (χ3v) is 5.23. The van der Waals surface area contributed by atoms with Gasteiger partial charge in [-0.3, -0.25) is 4.99 Å². The minimum absolute atomic E-state index is 0.320. The van der Waals surface area contributed by atoms with Crippen molar-refractivity contribution in [2.24, 2.45) is 4.99 Å². The Bertz CT molecular complexity index is 697. The second-order valence-electron chi connectivity index (χ2n) is 7.16. The Hall–Kier alpha value is -2.33. The van der Waals surface area contributed by atoms with Gasteiger partial charge in [0.15, 0.2) is 5.96 Å². The minimum Gasteiger partial charge on any atom is -0.354 e. The molecule has 1 aliphatic rings. The van der Waals surface area contributed by atoms with Gasteiger partial charge in [0.25, 0.3) is 0 Å². The van der Waals surface area contributed by atoms with Crippen LogP contribution in [-0.2, 0) is 0 Å². The number of guanidine groups is 1. The fourth-order valence-corrected chi connectivity index (χ4v) is 3.74. The highest BCUT2D eigenvalue weighted by Crippen LogP contribution is 2.27. The van der Waals surface area contributed by atoms with Gasteiger partial charge >= 0.3 is 0 Å². The highest BCUT2D eigenvalue weighted by molar-refractivity contribution is 5.80. The van der Waals surface area contributed by atoms with Crippen molar-refractivity contribution in [3.63, 3.8) is 0 Å². The number of nitrogens with one attached hydrogen (secondary N) is 1. The number of rotatable bonds is 5. The van der Waals surface area contributed by atoms with E-state index >= 15 is 0 Å². The molecule has 26 heavy (non-hydrogen) atoms. The Kier molecular flexibility index (Phi) is 6.29. The fourth-order valence-electron chi connectivity index (χ4n) is 3.74. The first-order chi connectivity index (χ1) is 12.7. The van der Waals surface area contributed by atoms with Gasteiger partial charge in [-0.2, -0.15) is 0 Å². The van der Waals surface area contributed by atoms with Gasteiger partial charge in [-0.25, -0.2) is 0 Å². The monoisotopic (exact) mass is 350 g/mol. The topological polar surface area (TPSA) is 30.9 Å². The first kappa shape index (κ1) is 18.5. The number of hydrogen-bond acceptors (Lipinski definition) is 2. The van der Waals surface area contributed by atoms with Crippen LogP contribution in [0.25, 0.3) is 0 Å². The molecule has 2 atom stereocenters. The molecule has 4 nitrogen and oxygen atoms in total. The van der Waals surface area contributed by atoms with Gasteiger partial charge in [0.1, 0.15) is 0 Å². The summed E-state index contributed by atoms with van der Waals surface area (Å²) in [5.41, 5.74) is 2.75. The molecule has 0 bridgehead atoms. The average Bonchev–Trinajstić information content (AvgIpc) is 3.16. The fraction of sp³-hybridized carbons (Fsp3) is 0.409. The van der Waals surface area contributed by atoms with Gasteiger partial charge in [0.2, 0.25) is 0 Å². The van der Waals surface area contributed by atoms with Crippen LogP contribution in [0.4, 0.5) is 0 Å². The molecule has 138 valence electrons. The third kappa shape index (κ3) is 4.44. The Morgan fingerprint density at radius 3 is 2.38 bits per heavy atom. The highest BCUT2D eigenvalue weighted by atomic mass is 15.3. The van der Waals surface area contributed by atoms with E-state index in [2.05, 4.69) is 94.9 Å². The van der Waals surface area contributed by atoms with Gasteiger partial charge in [-0.05, 0) is 31.6 Å². The summed E-state index contributed by atoms with van der Waals surface area (Å²) in [6.45, 7) is 2.93. The molecule has 1 saturated heterocycles. The molecule has 1 aliphatic heterocycles. The summed E-state index contributed by atoms with van der Waals surface area (Å²) in [6, 6.07) is 21.8. The van der Waals surface area contributed by atoms with Gasteiger partial charge in [-0.15, -0.1) is 0 Å². The maximum atomic E-state index is 4.54. The molecular weight excluding hydrogens is 320 g/mol. The summed E-state index contributed by atoms with van der Waals surface area (Å²) in [5, 5.41) is 3.60. The molecule has 0 radical (unpaired) electrons. The zero-order chi connectivity index (χ0) is 18.4. The quantitative estimate of drug-likeness (QED) is 0.663. The van der Waals surface area contributed by atoms with E-state index in [1.54, 1.807) is 0 Å². The van der Waals surface area contributed by atoms with E-state index in [1.807, 2.05) is 7.05 Å². The van der Waals surface area contributed by atoms with Gasteiger partial charge in [0, 0.05) is 32.6 Å². The SMILES string of the molecule is CN=C(NCC(c1ccccc1)N(C)C)N1CCC(c2ccccc2)C1. The molecule has 0 aliphatic carbocycles. The minimum atomic E-state index is 0.320. The lowest BCUT2D eigenvalue weighted by Crippen LogP contribution is -2.43. The molecule has 2 aromatic rings. The van der Waals surface area contributed by atoms with Gasteiger partial charge in [0.05, 0.1) is 6.04 Å². The van der Waals surface area contributed by atoms with Crippen molar-refractivity contribution in [3.05, 3.63) is 71.8 Å². The van der Waals surface area contributed by atoms with Crippen LogP contribution in [0, 0.1) is 0 Å². The molecule has 0 saturated carbocycles. The van der Waals surface area contributed by atoms with Crippen LogP contribution >= 0.6 is 0 Å². The van der Waals surface area contributed by atoms with E-state index in [1.165, 1.54) is 17.5 Å². The summed E-state index contributed by atoms with van der Waals surface area (Å²) in [7, 11) is 6.14. The van der Waals surface area contributed by atoms with Crippen LogP contribution in [0.5, 0.6) is 0 Å². The molecule has 0 amide bonds. The smallest absolute Gasteiger partial charge is 0.193 e. The van der Waals surface area contributed by atoms with E-state index in [4.69, 9.17) is 0 Å². The number of aliphatic imine (C=N–C) groups is 1. The second kappa shape index (κ2) is 8.86. The number of benzene rings is 2. The highest BCUT2D eigenvalue weighted by Gasteiger charge is 2.26. The molecule has 1 N–H and O–H groups in total. The molecule has 0 aromatic heterocycles. The normalized spacial score (nSPS) is 19.0. The number of likely N-dealkylation sites (N-methyl/N-ethyl adjacent to an activating group) is 1. The zero-order valence-corrected chi connectivity index (χ0v) is 16.1. The van der Waals surface area contributed by atoms with Crippen molar-refractivity contribution in [2.75, 3.05) is 40.8 Å². The number of likely N-dealkylation sites (tertiary alicyclic amines) is 1. The standard InChI is InChI=1S/C22H30N4/c1-23-22(24-16-21(25(2)3)19-12-8-5-9-13-19)26-15-14-20(17-26)18-10-6-4-7-11-18/h4-13,20-21H,14-17H2,1-3H3,(H,23,24). The lowest BCUT2D eigenvalue weighted by molar-refractivity contribution is 0.295. The Morgan fingerprint density at radius 2 is 1.77 bits per heavy atom. The zero-order valence-electron chi connectivity index (χ0n) is 16.1. The maximum absolute atomic E-state index is 4.54. The van der Waals surface area contributed by atoms with E-state index in [-0.39, 0.29) is 0 Å². The number of nitrogens with zero attached hydrogens (tertiary/aromatic N) is 3. The first-order valence-electron chi connectivity index (χ1n) is 9.41. The Labute approximate surface area is 157 Å². The van der Waals surface area contributed by atoms with Crippen LogP contribution in [0.2, 0.25) is 0 Å². The molecule has 3 rings (SSSR count). The summed E-state index contributed by atoms with van der Waals surface area (Å²) < 4.78 is 0. The van der Waals surface area contributed by atoms with Crippen molar-refractivity contribution in [1.82, 2.24) is 15.1 Å². The average molecular weight is 351 g/mol. The van der Waals surface area contributed by atoms with Crippen molar-refractivity contribution >= 4 is 5.96 Å². The largest absolute Gasteiger partial charge is 0.354 e. The second-order valence-corrected chi connectivity index (χ2v) is 7.16.